The molecule has 0 aromatic carbocycles. The van der Waals surface area contributed by atoms with E-state index >= 15 is 0 Å². The van der Waals surface area contributed by atoms with E-state index in [9.17, 15) is 0 Å². The zero-order valence-electron chi connectivity index (χ0n) is 12.5. The smallest absolute Gasteiger partial charge is 0.154 e. The van der Waals surface area contributed by atoms with Crippen molar-refractivity contribution in [2.45, 2.75) is 52.7 Å². The number of rotatable bonds is 5. The van der Waals surface area contributed by atoms with Crippen LogP contribution in [0.1, 0.15) is 39.2 Å². The number of pyridine rings is 1. The van der Waals surface area contributed by atoms with Gasteiger partial charge in [-0.15, -0.1) is 0 Å². The van der Waals surface area contributed by atoms with Gasteiger partial charge in [0.2, 0.25) is 0 Å². The molecule has 3 nitrogen and oxygen atoms in total. The van der Waals surface area contributed by atoms with Crippen LogP contribution in [-0.2, 0) is 4.74 Å². The number of nitrogens with one attached hydrogen (secondary N) is 1. The Morgan fingerprint density at radius 2 is 2.15 bits per heavy atom. The number of halogens is 2. The van der Waals surface area contributed by atoms with Gasteiger partial charge in [-0.1, -0.05) is 37.0 Å². The molecule has 1 aromatic heterocycles. The van der Waals surface area contributed by atoms with E-state index in [2.05, 4.69) is 24.1 Å². The van der Waals surface area contributed by atoms with Gasteiger partial charge in [0.1, 0.15) is 5.15 Å². The maximum absolute atomic E-state index is 6.20. The third kappa shape index (κ3) is 2.76. The van der Waals surface area contributed by atoms with E-state index in [4.69, 9.17) is 27.9 Å². The van der Waals surface area contributed by atoms with Gasteiger partial charge in [0.25, 0.3) is 0 Å². The molecule has 1 aliphatic rings. The largest absolute Gasteiger partial charge is 0.379 e. The molecule has 5 heteroatoms. The summed E-state index contributed by atoms with van der Waals surface area (Å²) in [6.45, 7) is 9.26. The Bertz CT molecular complexity index is 472. The second-order valence-electron chi connectivity index (χ2n) is 5.66. The molecule has 1 aromatic rings. The molecule has 0 bridgehead atoms. The zero-order valence-corrected chi connectivity index (χ0v) is 14.0. The molecule has 1 N–H and O–H groups in total. The predicted molar refractivity (Wildman–Crippen MR) is 84.8 cm³/mol. The number of aryl methyl sites for hydroxylation is 1. The van der Waals surface area contributed by atoms with E-state index in [-0.39, 0.29) is 5.41 Å². The summed E-state index contributed by atoms with van der Waals surface area (Å²) in [6, 6.07) is 2.18. The van der Waals surface area contributed by atoms with Crippen molar-refractivity contribution < 1.29 is 4.74 Å². The van der Waals surface area contributed by atoms with Gasteiger partial charge in [-0.3, -0.25) is 0 Å². The molecule has 1 saturated carbocycles. The lowest BCUT2D eigenvalue weighted by molar-refractivity contribution is -0.109. The third-order valence-electron chi connectivity index (χ3n) is 4.57. The first kappa shape index (κ1) is 15.9. The first-order valence-electron chi connectivity index (χ1n) is 7.13. The molecular formula is C15H22Cl2N2O. The highest BCUT2D eigenvalue weighted by atomic mass is 35.5. The minimum absolute atomic E-state index is 0.130. The van der Waals surface area contributed by atoms with Crippen LogP contribution in [0, 0.1) is 12.3 Å². The lowest BCUT2D eigenvalue weighted by atomic mass is 9.61. The van der Waals surface area contributed by atoms with E-state index in [1.54, 1.807) is 0 Å². The highest BCUT2D eigenvalue weighted by Gasteiger charge is 2.51. The topological polar surface area (TPSA) is 34.1 Å². The van der Waals surface area contributed by atoms with Crippen LogP contribution in [0.5, 0.6) is 0 Å². The maximum atomic E-state index is 6.20. The Morgan fingerprint density at radius 1 is 1.45 bits per heavy atom. The first-order valence-corrected chi connectivity index (χ1v) is 7.88. The van der Waals surface area contributed by atoms with Crippen molar-refractivity contribution in [2.24, 2.45) is 5.41 Å². The maximum Gasteiger partial charge on any atom is 0.154 e. The molecule has 0 radical (unpaired) electrons. The van der Waals surface area contributed by atoms with Crippen LogP contribution in [0.2, 0.25) is 10.3 Å². The fraction of sp³-hybridized carbons (Fsp3) is 0.667. The second-order valence-corrected chi connectivity index (χ2v) is 6.41. The average Bonchev–Trinajstić information content (AvgIpc) is 2.39. The standard InChI is InChI=1S/C15H22Cl2N2O/c1-5-15(4)10(8-11(15)20-6-2)18-13-9(3)7-12(16)19-14(13)17/h7,10-11,18H,5-6,8H2,1-4H3. The molecule has 112 valence electrons. The molecule has 1 aliphatic carbocycles. The van der Waals surface area contributed by atoms with E-state index in [0.29, 0.717) is 22.5 Å². The van der Waals surface area contributed by atoms with Crippen LogP contribution in [-0.4, -0.2) is 23.7 Å². The lowest BCUT2D eigenvalue weighted by Crippen LogP contribution is -2.59. The number of hydrogen-bond acceptors (Lipinski definition) is 3. The molecule has 20 heavy (non-hydrogen) atoms. The Morgan fingerprint density at radius 3 is 2.70 bits per heavy atom. The normalized spacial score (nSPS) is 29.1. The van der Waals surface area contributed by atoms with Gasteiger partial charge < -0.3 is 10.1 Å². The number of nitrogens with zero attached hydrogens (tertiary/aromatic N) is 1. The fourth-order valence-corrected chi connectivity index (χ4v) is 3.50. The molecule has 3 unspecified atom stereocenters. The van der Waals surface area contributed by atoms with Crippen LogP contribution in [0.3, 0.4) is 0 Å². The van der Waals surface area contributed by atoms with Crippen LogP contribution in [0.4, 0.5) is 5.69 Å². The molecule has 0 aliphatic heterocycles. The van der Waals surface area contributed by atoms with Crippen LogP contribution < -0.4 is 5.32 Å². The Kier molecular flexibility index (Phi) is 4.83. The minimum Gasteiger partial charge on any atom is -0.379 e. The van der Waals surface area contributed by atoms with Crippen molar-refractivity contribution in [1.29, 1.82) is 0 Å². The van der Waals surface area contributed by atoms with Gasteiger partial charge >= 0.3 is 0 Å². The molecule has 0 amide bonds. The summed E-state index contributed by atoms with van der Waals surface area (Å²) in [7, 11) is 0. The SMILES string of the molecule is CCOC1CC(Nc2c(C)cc(Cl)nc2Cl)C1(C)CC. The molecule has 3 atom stereocenters. The molecule has 1 fully saturated rings. The highest BCUT2D eigenvalue weighted by molar-refractivity contribution is 6.34. The van der Waals surface area contributed by atoms with Crippen molar-refractivity contribution in [2.75, 3.05) is 11.9 Å². The summed E-state index contributed by atoms with van der Waals surface area (Å²) >= 11 is 12.1. The van der Waals surface area contributed by atoms with E-state index in [1.165, 1.54) is 0 Å². The Hall–Kier alpha value is -0.510. The average molecular weight is 317 g/mol. The summed E-state index contributed by atoms with van der Waals surface area (Å²) < 4.78 is 5.82. The monoisotopic (exact) mass is 316 g/mol. The molecule has 1 heterocycles. The number of anilines is 1. The van der Waals surface area contributed by atoms with Crippen molar-refractivity contribution in [3.8, 4) is 0 Å². The fourth-order valence-electron chi connectivity index (χ4n) is 2.92. The van der Waals surface area contributed by atoms with E-state index < -0.39 is 0 Å². The molecule has 0 saturated heterocycles. The number of aromatic nitrogens is 1. The van der Waals surface area contributed by atoms with Gasteiger partial charge in [-0.2, -0.15) is 0 Å². The van der Waals surface area contributed by atoms with Crippen LogP contribution in [0.25, 0.3) is 0 Å². The zero-order chi connectivity index (χ0) is 14.9. The first-order chi connectivity index (χ1) is 9.42. The van der Waals surface area contributed by atoms with Crippen molar-refractivity contribution in [1.82, 2.24) is 4.98 Å². The lowest BCUT2D eigenvalue weighted by Gasteiger charge is -2.54. The van der Waals surface area contributed by atoms with Crippen LogP contribution >= 0.6 is 23.2 Å². The third-order valence-corrected chi connectivity index (χ3v) is 5.04. The van der Waals surface area contributed by atoms with E-state index in [0.717, 1.165) is 30.7 Å². The molecule has 0 spiro atoms. The predicted octanol–water partition coefficient (Wildman–Crippen LogP) is 4.70. The summed E-state index contributed by atoms with van der Waals surface area (Å²) in [6.07, 6.45) is 2.37. The summed E-state index contributed by atoms with van der Waals surface area (Å²) in [5.41, 5.74) is 2.04. The van der Waals surface area contributed by atoms with Crippen molar-refractivity contribution in [3.63, 3.8) is 0 Å². The highest BCUT2D eigenvalue weighted by Crippen LogP contribution is 2.48. The second kappa shape index (κ2) is 6.08. The Balaban J connectivity index is 2.16. The van der Waals surface area contributed by atoms with E-state index in [1.807, 2.05) is 19.9 Å². The van der Waals surface area contributed by atoms with Crippen LogP contribution in [0.15, 0.2) is 6.07 Å². The van der Waals surface area contributed by atoms with Gasteiger partial charge in [-0.05, 0) is 38.3 Å². The number of ether oxygens (including phenoxy) is 1. The van der Waals surface area contributed by atoms with Crippen molar-refractivity contribution >= 4 is 28.9 Å². The van der Waals surface area contributed by atoms with Gasteiger partial charge in [-0.25, -0.2) is 4.98 Å². The summed E-state index contributed by atoms with van der Waals surface area (Å²) in [5, 5.41) is 4.41. The number of hydrogen-bond donors (Lipinski definition) is 1. The van der Waals surface area contributed by atoms with Gasteiger partial charge in [0, 0.05) is 18.1 Å². The summed E-state index contributed by atoms with van der Waals surface area (Å²) in [4.78, 5) is 4.11. The molecular weight excluding hydrogens is 295 g/mol. The molecule has 2 rings (SSSR count). The van der Waals surface area contributed by atoms with Crippen molar-refractivity contribution in [3.05, 3.63) is 21.9 Å². The summed E-state index contributed by atoms with van der Waals surface area (Å²) in [5.74, 6) is 0. The minimum atomic E-state index is 0.130. The van der Waals surface area contributed by atoms with Gasteiger partial charge in [0.15, 0.2) is 5.15 Å². The Labute approximate surface area is 131 Å². The quantitative estimate of drug-likeness (QED) is 0.799. The van der Waals surface area contributed by atoms with Gasteiger partial charge in [0.05, 0.1) is 11.8 Å².